The first kappa shape index (κ1) is 26.5. The highest BCUT2D eigenvalue weighted by Crippen LogP contribution is 2.47. The SMILES string of the molecule is CCN1C(=O)N2Cc3cc(OC)cc(OC)c3CC=C2C12CCN(C(=O)Nc1cc(OC)ccc1OC)CC2. The molecule has 1 spiro atoms. The number of nitrogens with zero attached hydrogens (tertiary/aromatic N) is 3. The van der Waals surface area contributed by atoms with Crippen LogP contribution in [0.3, 0.4) is 0 Å². The van der Waals surface area contributed by atoms with Gasteiger partial charge in [-0.15, -0.1) is 0 Å². The third-order valence-electron chi connectivity index (χ3n) is 8.15. The Labute approximate surface area is 229 Å². The predicted molar refractivity (Wildman–Crippen MR) is 147 cm³/mol. The van der Waals surface area contributed by atoms with Gasteiger partial charge in [-0.3, -0.25) is 4.90 Å². The Bertz CT molecular complexity index is 1300. The Hall–Kier alpha value is -4.08. The number of likely N-dealkylation sites (N-methyl/N-ethyl adjacent to an activating group) is 1. The number of carbonyl (C=O) groups excluding carboxylic acids is 2. The van der Waals surface area contributed by atoms with E-state index in [1.165, 1.54) is 0 Å². The first-order chi connectivity index (χ1) is 18.9. The normalized spacial score (nSPS) is 17.7. The molecule has 3 heterocycles. The Morgan fingerprint density at radius 1 is 0.949 bits per heavy atom. The van der Waals surface area contributed by atoms with Crippen LogP contribution in [0.4, 0.5) is 15.3 Å². The summed E-state index contributed by atoms with van der Waals surface area (Å²) in [6, 6.07) is 8.95. The summed E-state index contributed by atoms with van der Waals surface area (Å²) >= 11 is 0. The molecule has 0 aliphatic carbocycles. The van der Waals surface area contributed by atoms with Crippen molar-refractivity contribution in [3.8, 4) is 23.0 Å². The summed E-state index contributed by atoms with van der Waals surface area (Å²) in [6.45, 7) is 4.08. The molecule has 0 unspecified atom stereocenters. The molecule has 1 N–H and O–H groups in total. The Kier molecular flexibility index (Phi) is 7.20. The lowest BCUT2D eigenvalue weighted by molar-refractivity contribution is 0.106. The minimum atomic E-state index is -0.463. The molecular weight excluding hydrogens is 500 g/mol. The number of fused-ring (bicyclic) bond motifs is 3. The topological polar surface area (TPSA) is 92.8 Å². The minimum Gasteiger partial charge on any atom is -0.497 e. The summed E-state index contributed by atoms with van der Waals surface area (Å²) in [5.74, 6) is 2.65. The number of allylic oxidation sites excluding steroid dienone is 1. The van der Waals surface area contributed by atoms with Crippen LogP contribution in [-0.2, 0) is 13.0 Å². The summed E-state index contributed by atoms with van der Waals surface area (Å²) < 4.78 is 21.9. The first-order valence-electron chi connectivity index (χ1n) is 13.2. The lowest BCUT2D eigenvalue weighted by atomic mass is 9.83. The van der Waals surface area contributed by atoms with E-state index in [2.05, 4.69) is 11.4 Å². The van der Waals surface area contributed by atoms with Crippen molar-refractivity contribution in [2.75, 3.05) is 53.4 Å². The molecule has 10 nitrogen and oxygen atoms in total. The largest absolute Gasteiger partial charge is 0.497 e. The van der Waals surface area contributed by atoms with Crippen molar-refractivity contribution in [2.24, 2.45) is 0 Å². The smallest absolute Gasteiger partial charge is 0.325 e. The van der Waals surface area contributed by atoms with Gasteiger partial charge in [0.2, 0.25) is 0 Å². The van der Waals surface area contributed by atoms with Crippen LogP contribution >= 0.6 is 0 Å². The highest BCUT2D eigenvalue weighted by molar-refractivity contribution is 5.91. The van der Waals surface area contributed by atoms with Crippen molar-refractivity contribution in [1.82, 2.24) is 14.7 Å². The fraction of sp³-hybridized carbons (Fsp3) is 0.448. The number of anilines is 1. The molecule has 208 valence electrons. The fourth-order valence-electron chi connectivity index (χ4n) is 6.14. The highest BCUT2D eigenvalue weighted by Gasteiger charge is 2.54. The van der Waals surface area contributed by atoms with E-state index in [0.717, 1.165) is 22.6 Å². The van der Waals surface area contributed by atoms with E-state index in [0.29, 0.717) is 68.4 Å². The maximum atomic E-state index is 13.7. The zero-order valence-corrected chi connectivity index (χ0v) is 23.2. The van der Waals surface area contributed by atoms with Gasteiger partial charge in [0.15, 0.2) is 0 Å². The second-order valence-corrected chi connectivity index (χ2v) is 9.89. The van der Waals surface area contributed by atoms with Crippen molar-refractivity contribution in [3.63, 3.8) is 0 Å². The number of nitrogens with one attached hydrogen (secondary N) is 1. The molecule has 0 saturated carbocycles. The third kappa shape index (κ3) is 4.47. The van der Waals surface area contributed by atoms with Crippen LogP contribution in [-0.4, -0.2) is 80.4 Å². The van der Waals surface area contributed by atoms with Gasteiger partial charge < -0.3 is 34.1 Å². The van der Waals surface area contributed by atoms with Crippen LogP contribution in [0, 0.1) is 0 Å². The van der Waals surface area contributed by atoms with Crippen LogP contribution in [0.5, 0.6) is 23.0 Å². The van der Waals surface area contributed by atoms with Gasteiger partial charge in [0, 0.05) is 43.0 Å². The van der Waals surface area contributed by atoms with Crippen LogP contribution in [0.25, 0.3) is 0 Å². The molecule has 3 aliphatic rings. The summed E-state index contributed by atoms with van der Waals surface area (Å²) in [5.41, 5.74) is 3.18. The maximum absolute atomic E-state index is 13.7. The number of hydrogen-bond acceptors (Lipinski definition) is 6. The molecule has 39 heavy (non-hydrogen) atoms. The van der Waals surface area contributed by atoms with E-state index < -0.39 is 5.54 Å². The highest BCUT2D eigenvalue weighted by atomic mass is 16.5. The monoisotopic (exact) mass is 536 g/mol. The van der Waals surface area contributed by atoms with Gasteiger partial charge >= 0.3 is 12.1 Å². The van der Waals surface area contributed by atoms with Crippen molar-refractivity contribution < 1.29 is 28.5 Å². The summed E-state index contributed by atoms with van der Waals surface area (Å²) in [6.07, 6.45) is 4.12. The number of likely N-dealkylation sites (tertiary alicyclic amines) is 1. The van der Waals surface area contributed by atoms with Crippen LogP contribution < -0.4 is 24.3 Å². The van der Waals surface area contributed by atoms with Gasteiger partial charge in [-0.25, -0.2) is 9.59 Å². The molecule has 2 aromatic rings. The number of piperidine rings is 1. The molecule has 0 bridgehead atoms. The number of rotatable bonds is 6. The van der Waals surface area contributed by atoms with E-state index >= 15 is 0 Å². The van der Waals surface area contributed by atoms with Gasteiger partial charge in [0.05, 0.1) is 46.2 Å². The lowest BCUT2D eigenvalue weighted by Gasteiger charge is -2.44. The van der Waals surface area contributed by atoms with Gasteiger partial charge in [-0.2, -0.15) is 0 Å². The fourth-order valence-corrected chi connectivity index (χ4v) is 6.14. The van der Waals surface area contributed by atoms with Crippen LogP contribution in [0.15, 0.2) is 42.1 Å². The van der Waals surface area contributed by atoms with E-state index in [-0.39, 0.29) is 12.1 Å². The third-order valence-corrected chi connectivity index (χ3v) is 8.15. The second-order valence-electron chi connectivity index (χ2n) is 9.89. The van der Waals surface area contributed by atoms with Gasteiger partial charge in [0.25, 0.3) is 0 Å². The number of methoxy groups -OCH3 is 4. The maximum Gasteiger partial charge on any atom is 0.325 e. The van der Waals surface area contributed by atoms with Gasteiger partial charge in [-0.1, -0.05) is 6.08 Å². The number of carbonyl (C=O) groups is 2. The van der Waals surface area contributed by atoms with E-state index in [9.17, 15) is 9.59 Å². The number of urea groups is 2. The molecule has 2 aromatic carbocycles. The average Bonchev–Trinajstić information content (AvgIpc) is 3.07. The number of ether oxygens (including phenoxy) is 4. The molecule has 4 amide bonds. The van der Waals surface area contributed by atoms with E-state index in [1.807, 2.05) is 28.9 Å². The Balaban J connectivity index is 1.38. The van der Waals surface area contributed by atoms with Gasteiger partial charge in [0.1, 0.15) is 23.0 Å². The van der Waals surface area contributed by atoms with E-state index in [4.69, 9.17) is 18.9 Å². The first-order valence-corrected chi connectivity index (χ1v) is 13.2. The molecule has 0 aromatic heterocycles. The number of amides is 4. The lowest BCUT2D eigenvalue weighted by Crippen LogP contribution is -2.55. The minimum absolute atomic E-state index is 0.00240. The molecule has 0 radical (unpaired) electrons. The molecular formula is C29H36N4O6. The standard InChI is InChI=1S/C29H36N4O6/c1-6-33-28(35)32-18-19-15-21(37-3)17-25(39-5)22(19)8-10-26(32)29(33)11-13-31(14-12-29)27(34)30-23-16-20(36-2)7-9-24(23)38-4/h7,9-10,15-17H,6,8,11-14,18H2,1-5H3,(H,30,34). The number of benzene rings is 2. The Morgan fingerprint density at radius 2 is 1.67 bits per heavy atom. The van der Waals surface area contributed by atoms with Gasteiger partial charge in [-0.05, 0) is 49.9 Å². The second kappa shape index (κ2) is 10.6. The summed E-state index contributed by atoms with van der Waals surface area (Å²) in [7, 11) is 6.43. The zero-order chi connectivity index (χ0) is 27.7. The number of hydrogen-bond donors (Lipinski definition) is 1. The Morgan fingerprint density at radius 3 is 2.31 bits per heavy atom. The predicted octanol–water partition coefficient (Wildman–Crippen LogP) is 4.49. The van der Waals surface area contributed by atoms with Crippen molar-refractivity contribution in [2.45, 2.75) is 38.3 Å². The zero-order valence-electron chi connectivity index (χ0n) is 23.2. The van der Waals surface area contributed by atoms with Crippen molar-refractivity contribution >= 4 is 17.7 Å². The summed E-state index contributed by atoms with van der Waals surface area (Å²) in [5, 5.41) is 2.97. The average molecular weight is 537 g/mol. The molecule has 5 rings (SSSR count). The molecule has 2 saturated heterocycles. The van der Waals surface area contributed by atoms with Crippen molar-refractivity contribution in [3.05, 3.63) is 53.2 Å². The molecule has 0 atom stereocenters. The molecule has 2 fully saturated rings. The molecule has 10 heteroatoms. The molecule has 3 aliphatic heterocycles. The van der Waals surface area contributed by atoms with Crippen molar-refractivity contribution in [1.29, 1.82) is 0 Å². The summed E-state index contributed by atoms with van der Waals surface area (Å²) in [4.78, 5) is 32.7. The quantitative estimate of drug-likeness (QED) is 0.585. The van der Waals surface area contributed by atoms with Crippen LogP contribution in [0.2, 0.25) is 0 Å². The van der Waals surface area contributed by atoms with E-state index in [1.54, 1.807) is 51.5 Å². The van der Waals surface area contributed by atoms with Crippen LogP contribution in [0.1, 0.15) is 30.9 Å².